The molecule has 1 N–H and O–H groups in total. The fourth-order valence-electron chi connectivity index (χ4n) is 2.77. The monoisotopic (exact) mass is 433 g/mol. The molecule has 29 heavy (non-hydrogen) atoms. The van der Waals surface area contributed by atoms with Crippen LogP contribution in [0.3, 0.4) is 0 Å². The first-order valence-corrected chi connectivity index (χ1v) is 10.6. The first-order valence-electron chi connectivity index (χ1n) is 8.78. The minimum atomic E-state index is -3.72. The molecule has 0 aliphatic heterocycles. The zero-order chi connectivity index (χ0) is 21.0. The van der Waals surface area contributed by atoms with Crippen molar-refractivity contribution in [2.45, 2.75) is 18.4 Å². The van der Waals surface area contributed by atoms with E-state index in [9.17, 15) is 13.2 Å². The number of methoxy groups -OCH3 is 1. The van der Waals surface area contributed by atoms with Crippen molar-refractivity contribution in [1.29, 1.82) is 0 Å². The summed E-state index contributed by atoms with van der Waals surface area (Å²) in [5, 5.41) is 4.91. The molecule has 0 aliphatic carbocycles. The minimum absolute atomic E-state index is 0.0182. The van der Waals surface area contributed by atoms with E-state index in [1.54, 1.807) is 43.3 Å². The predicted molar refractivity (Wildman–Crippen MR) is 112 cm³/mol. The molecule has 0 aliphatic rings. The molecule has 0 radical (unpaired) electrons. The summed E-state index contributed by atoms with van der Waals surface area (Å²) in [5.41, 5.74) is 1.79. The number of aryl methyl sites for hydroxylation is 1. The van der Waals surface area contributed by atoms with E-state index >= 15 is 0 Å². The van der Waals surface area contributed by atoms with Gasteiger partial charge in [-0.15, -0.1) is 0 Å². The third kappa shape index (κ3) is 5.03. The Labute approximate surface area is 174 Å². The normalized spacial score (nSPS) is 11.4. The molecule has 0 spiro atoms. The molecule has 0 saturated carbocycles. The van der Waals surface area contributed by atoms with Gasteiger partial charge in [0.2, 0.25) is 10.0 Å². The van der Waals surface area contributed by atoms with Gasteiger partial charge in [-0.05, 0) is 48.9 Å². The Kier molecular flexibility index (Phi) is 6.36. The van der Waals surface area contributed by atoms with E-state index in [2.05, 4.69) is 9.82 Å². The summed E-state index contributed by atoms with van der Waals surface area (Å²) >= 11 is 5.90. The van der Waals surface area contributed by atoms with Crippen LogP contribution in [0.4, 0.5) is 0 Å². The molecule has 3 aromatic rings. The van der Waals surface area contributed by atoms with Crippen molar-refractivity contribution >= 4 is 21.6 Å². The molecule has 0 bridgehead atoms. The van der Waals surface area contributed by atoms with E-state index in [-0.39, 0.29) is 23.5 Å². The summed E-state index contributed by atoms with van der Waals surface area (Å²) in [6, 6.07) is 14.7. The second kappa shape index (κ2) is 8.77. The highest BCUT2D eigenvalue weighted by molar-refractivity contribution is 7.89. The molecule has 0 unspecified atom stereocenters. The van der Waals surface area contributed by atoms with Crippen LogP contribution < -0.4 is 15.0 Å². The molecule has 0 saturated heterocycles. The van der Waals surface area contributed by atoms with Gasteiger partial charge in [0.25, 0.3) is 5.56 Å². The van der Waals surface area contributed by atoms with Crippen molar-refractivity contribution < 1.29 is 13.2 Å². The van der Waals surface area contributed by atoms with Crippen LogP contribution in [0.15, 0.2) is 64.3 Å². The van der Waals surface area contributed by atoms with Crippen LogP contribution in [0.1, 0.15) is 5.56 Å². The fourth-order valence-corrected chi connectivity index (χ4v) is 4.00. The van der Waals surface area contributed by atoms with Gasteiger partial charge in [-0.1, -0.05) is 23.7 Å². The molecular formula is C20H20ClN3O4S. The molecule has 3 rings (SSSR count). The quantitative estimate of drug-likeness (QED) is 0.618. The number of hydrogen-bond acceptors (Lipinski definition) is 5. The number of nitrogens with one attached hydrogen (secondary N) is 1. The number of nitrogens with zero attached hydrogens (tertiary/aromatic N) is 2. The highest BCUT2D eigenvalue weighted by Gasteiger charge is 2.15. The second-order valence-electron chi connectivity index (χ2n) is 6.32. The Bertz CT molecular complexity index is 1180. The lowest BCUT2D eigenvalue weighted by atomic mass is 10.1. The fraction of sp³-hybridized carbons (Fsp3) is 0.200. The second-order valence-corrected chi connectivity index (χ2v) is 8.52. The van der Waals surface area contributed by atoms with Gasteiger partial charge in [0.05, 0.1) is 24.2 Å². The SMILES string of the molecule is COc1ccc(S(=O)(=O)NCCn2nc(-c3ccc(Cl)cc3)ccc2=O)cc1C. The van der Waals surface area contributed by atoms with Crippen molar-refractivity contribution in [3.05, 3.63) is 75.5 Å². The number of aromatic nitrogens is 2. The lowest BCUT2D eigenvalue weighted by Gasteiger charge is -2.11. The molecule has 152 valence electrons. The van der Waals surface area contributed by atoms with Crippen LogP contribution >= 0.6 is 11.6 Å². The number of ether oxygens (including phenoxy) is 1. The summed E-state index contributed by atoms with van der Waals surface area (Å²) in [6.45, 7) is 1.88. The third-order valence-corrected chi connectivity index (χ3v) is 6.01. The number of rotatable bonds is 7. The van der Waals surface area contributed by atoms with Gasteiger partial charge >= 0.3 is 0 Å². The van der Waals surface area contributed by atoms with Crippen LogP contribution in [0.5, 0.6) is 5.75 Å². The van der Waals surface area contributed by atoms with Crippen LogP contribution in [0.2, 0.25) is 5.02 Å². The van der Waals surface area contributed by atoms with Crippen LogP contribution in [0, 0.1) is 6.92 Å². The molecular weight excluding hydrogens is 414 g/mol. The van der Waals surface area contributed by atoms with Gasteiger partial charge < -0.3 is 4.74 Å². The van der Waals surface area contributed by atoms with Crippen LogP contribution in [-0.2, 0) is 16.6 Å². The van der Waals surface area contributed by atoms with Crippen LogP contribution in [-0.4, -0.2) is 31.9 Å². The zero-order valence-electron chi connectivity index (χ0n) is 15.9. The number of sulfonamides is 1. The maximum atomic E-state index is 12.5. The van der Waals surface area contributed by atoms with E-state index in [0.29, 0.717) is 22.0 Å². The molecule has 0 atom stereocenters. The lowest BCUT2D eigenvalue weighted by molar-refractivity contribution is 0.411. The Balaban J connectivity index is 1.73. The van der Waals surface area contributed by atoms with Crippen molar-refractivity contribution in [3.8, 4) is 17.0 Å². The topological polar surface area (TPSA) is 90.3 Å². The van der Waals surface area contributed by atoms with Gasteiger partial charge in [0.15, 0.2) is 0 Å². The maximum absolute atomic E-state index is 12.5. The van der Waals surface area contributed by atoms with E-state index < -0.39 is 10.0 Å². The molecule has 0 fully saturated rings. The predicted octanol–water partition coefficient (Wildman–Crippen LogP) is 2.86. The Morgan fingerprint density at radius 3 is 2.48 bits per heavy atom. The summed E-state index contributed by atoms with van der Waals surface area (Å²) in [6.07, 6.45) is 0. The van der Waals surface area contributed by atoms with Crippen molar-refractivity contribution in [3.63, 3.8) is 0 Å². The zero-order valence-corrected chi connectivity index (χ0v) is 17.5. The van der Waals surface area contributed by atoms with Crippen LogP contribution in [0.25, 0.3) is 11.3 Å². The average molecular weight is 434 g/mol. The minimum Gasteiger partial charge on any atom is -0.496 e. The van der Waals surface area contributed by atoms with Crippen molar-refractivity contribution in [2.75, 3.05) is 13.7 Å². The number of hydrogen-bond donors (Lipinski definition) is 1. The first kappa shape index (κ1) is 21.0. The first-order chi connectivity index (χ1) is 13.8. The molecule has 0 amide bonds. The average Bonchev–Trinajstić information content (AvgIpc) is 2.70. The highest BCUT2D eigenvalue weighted by atomic mass is 35.5. The van der Waals surface area contributed by atoms with E-state index in [0.717, 1.165) is 5.56 Å². The van der Waals surface area contributed by atoms with Gasteiger partial charge in [-0.3, -0.25) is 4.79 Å². The molecule has 7 nitrogen and oxygen atoms in total. The van der Waals surface area contributed by atoms with Gasteiger partial charge in [0.1, 0.15) is 5.75 Å². The Morgan fingerprint density at radius 2 is 1.83 bits per heavy atom. The van der Waals surface area contributed by atoms with Gasteiger partial charge in [-0.25, -0.2) is 17.8 Å². The van der Waals surface area contributed by atoms with E-state index in [1.807, 2.05) is 0 Å². The maximum Gasteiger partial charge on any atom is 0.266 e. The summed E-state index contributed by atoms with van der Waals surface area (Å²) < 4.78 is 33.9. The third-order valence-electron chi connectivity index (χ3n) is 4.30. The molecule has 1 heterocycles. The van der Waals surface area contributed by atoms with Gasteiger partial charge in [0, 0.05) is 23.2 Å². The number of benzene rings is 2. The summed E-state index contributed by atoms with van der Waals surface area (Å²) in [4.78, 5) is 12.2. The summed E-state index contributed by atoms with van der Waals surface area (Å²) in [7, 11) is -2.20. The molecule has 1 aromatic heterocycles. The smallest absolute Gasteiger partial charge is 0.266 e. The van der Waals surface area contributed by atoms with E-state index in [4.69, 9.17) is 16.3 Å². The largest absolute Gasteiger partial charge is 0.496 e. The Hall–Kier alpha value is -2.68. The molecule has 2 aromatic carbocycles. The lowest BCUT2D eigenvalue weighted by Crippen LogP contribution is -2.32. The highest BCUT2D eigenvalue weighted by Crippen LogP contribution is 2.21. The molecule has 9 heteroatoms. The number of halogens is 1. The summed E-state index contributed by atoms with van der Waals surface area (Å²) in [5.74, 6) is 0.610. The van der Waals surface area contributed by atoms with Crippen molar-refractivity contribution in [1.82, 2.24) is 14.5 Å². The standard InChI is InChI=1S/C20H20ClN3O4S/c1-14-13-17(7-9-19(14)28-2)29(26,27)22-11-12-24-20(25)10-8-18(23-24)15-3-5-16(21)6-4-15/h3-10,13,22H,11-12H2,1-2H3. The van der Waals surface area contributed by atoms with E-state index in [1.165, 1.54) is 30.0 Å². The Morgan fingerprint density at radius 1 is 1.10 bits per heavy atom. The van der Waals surface area contributed by atoms with Gasteiger partial charge in [-0.2, -0.15) is 5.10 Å². The van der Waals surface area contributed by atoms with Crippen molar-refractivity contribution in [2.24, 2.45) is 0 Å².